The number of benzene rings is 8. The third-order valence-corrected chi connectivity index (χ3v) is 11.7. The van der Waals surface area contributed by atoms with E-state index in [9.17, 15) is 13.2 Å². The number of hydrogen-bond acceptors (Lipinski definition) is 0. The molecule has 0 amide bonds. The minimum Gasteiger partial charge on any atom is -0.309 e. The van der Waals surface area contributed by atoms with Crippen LogP contribution in [0.15, 0.2) is 170 Å². The second kappa shape index (κ2) is 12.2. The first-order valence-electron chi connectivity index (χ1n) is 19.1. The summed E-state index contributed by atoms with van der Waals surface area (Å²) in [5.41, 5.74) is 12.7. The highest BCUT2D eigenvalue weighted by molar-refractivity contribution is 6.11. The minimum absolute atomic E-state index is 0.580. The number of nitrogens with zero attached hydrogens (tertiary/aromatic N) is 3. The molecule has 0 atom stereocenters. The van der Waals surface area contributed by atoms with Gasteiger partial charge in [-0.15, -0.1) is 0 Å². The predicted octanol–water partition coefficient (Wildman–Crippen LogP) is 14.3. The Balaban J connectivity index is 1.18. The van der Waals surface area contributed by atoms with E-state index in [2.05, 4.69) is 155 Å². The van der Waals surface area contributed by atoms with Gasteiger partial charge in [-0.1, -0.05) is 91.0 Å². The third kappa shape index (κ3) is 5.00. The van der Waals surface area contributed by atoms with Gasteiger partial charge >= 0.3 is 6.18 Å². The zero-order chi connectivity index (χ0) is 38.6. The molecule has 0 fully saturated rings. The van der Waals surface area contributed by atoms with Gasteiger partial charge in [-0.25, -0.2) is 0 Å². The lowest BCUT2D eigenvalue weighted by molar-refractivity contribution is -0.137. The highest BCUT2D eigenvalue weighted by Crippen LogP contribution is 2.41. The van der Waals surface area contributed by atoms with Crippen LogP contribution in [-0.2, 0) is 6.18 Å². The summed E-state index contributed by atoms with van der Waals surface area (Å²) in [6.07, 6.45) is -4.43. The number of aromatic nitrogens is 3. The van der Waals surface area contributed by atoms with Gasteiger partial charge in [-0.3, -0.25) is 0 Å². The van der Waals surface area contributed by atoms with Gasteiger partial charge in [0.05, 0.1) is 38.7 Å². The van der Waals surface area contributed by atoms with Crippen LogP contribution < -0.4 is 0 Å². The molecule has 274 valence electrons. The molecule has 0 unspecified atom stereocenters. The molecule has 0 spiro atoms. The van der Waals surface area contributed by atoms with E-state index in [1.165, 1.54) is 33.7 Å². The molecule has 57 heavy (non-hydrogen) atoms. The first-order chi connectivity index (χ1) is 27.7. The van der Waals surface area contributed by atoms with E-state index in [1.54, 1.807) is 6.07 Å². The van der Waals surface area contributed by atoms with E-state index in [4.69, 9.17) is 0 Å². The van der Waals surface area contributed by atoms with Crippen LogP contribution in [0, 0.1) is 13.8 Å². The Labute approximate surface area is 326 Å². The molecule has 0 aliphatic heterocycles. The quantitative estimate of drug-likeness (QED) is 0.170. The summed E-state index contributed by atoms with van der Waals surface area (Å²) in [6, 6.07) is 57.4. The molecule has 0 saturated heterocycles. The second-order valence-electron chi connectivity index (χ2n) is 15.0. The van der Waals surface area contributed by atoms with Crippen LogP contribution in [0.5, 0.6) is 0 Å². The minimum atomic E-state index is -4.43. The van der Waals surface area contributed by atoms with E-state index < -0.39 is 11.7 Å². The number of para-hydroxylation sites is 5. The largest absolute Gasteiger partial charge is 0.416 e. The van der Waals surface area contributed by atoms with Crippen LogP contribution >= 0.6 is 0 Å². The van der Waals surface area contributed by atoms with Gasteiger partial charge in [0.1, 0.15) is 0 Å². The van der Waals surface area contributed by atoms with Crippen molar-refractivity contribution in [3.8, 4) is 28.2 Å². The third-order valence-electron chi connectivity index (χ3n) is 11.7. The van der Waals surface area contributed by atoms with E-state index in [0.29, 0.717) is 5.39 Å². The van der Waals surface area contributed by atoms with E-state index >= 15 is 0 Å². The predicted molar refractivity (Wildman–Crippen MR) is 229 cm³/mol. The van der Waals surface area contributed by atoms with Gasteiger partial charge in [-0.05, 0) is 115 Å². The van der Waals surface area contributed by atoms with E-state index in [0.717, 1.165) is 77.8 Å². The Bertz CT molecular complexity index is 3190. The molecule has 3 heterocycles. The molecule has 0 aliphatic carbocycles. The Morgan fingerprint density at radius 3 is 1.23 bits per heavy atom. The maximum atomic E-state index is 13.9. The molecule has 6 heteroatoms. The van der Waals surface area contributed by atoms with E-state index in [-0.39, 0.29) is 0 Å². The number of fused-ring (bicyclic) bond motifs is 9. The fraction of sp³-hybridized carbons (Fsp3) is 0.0588. The molecule has 0 saturated carbocycles. The van der Waals surface area contributed by atoms with Crippen molar-refractivity contribution in [2.24, 2.45) is 0 Å². The fourth-order valence-electron chi connectivity index (χ4n) is 9.17. The number of alkyl halides is 3. The number of hydrogen-bond donors (Lipinski definition) is 0. The molecular formula is C51H34F3N3. The molecular weight excluding hydrogens is 712 g/mol. The summed E-state index contributed by atoms with van der Waals surface area (Å²) in [7, 11) is 0. The maximum Gasteiger partial charge on any atom is 0.416 e. The van der Waals surface area contributed by atoms with Crippen molar-refractivity contribution in [3.05, 3.63) is 187 Å². The van der Waals surface area contributed by atoms with Gasteiger partial charge in [-0.2, -0.15) is 13.2 Å². The van der Waals surface area contributed by atoms with Gasteiger partial charge in [0.25, 0.3) is 0 Å². The van der Waals surface area contributed by atoms with Crippen LogP contribution in [0.1, 0.15) is 16.7 Å². The standard InChI is InChI=1S/C51H34F3N3/c1-31-26-50(57-48-22-12-7-17-41(48)43-29-34(51(52,53)54)23-24-49(43)57)32(2)25-42(31)33-27-35(55-44-18-8-3-13-37(44)38-14-4-9-19-45(38)55)30-36(28-33)56-46-20-10-5-15-39(46)40-16-6-11-21-47(40)56/h3-30H,1-2H3. The Morgan fingerprint density at radius 2 is 0.772 bits per heavy atom. The molecule has 11 rings (SSSR count). The first kappa shape index (κ1) is 33.3. The number of rotatable bonds is 4. The maximum absolute atomic E-state index is 13.9. The first-order valence-corrected chi connectivity index (χ1v) is 19.1. The molecule has 0 aliphatic rings. The van der Waals surface area contributed by atoms with Crippen molar-refractivity contribution in [2.45, 2.75) is 20.0 Å². The highest BCUT2D eigenvalue weighted by Gasteiger charge is 2.31. The number of halogens is 3. The van der Waals surface area contributed by atoms with Crippen LogP contribution in [0.2, 0.25) is 0 Å². The average Bonchev–Trinajstić information content (AvgIpc) is 3.87. The lowest BCUT2D eigenvalue weighted by atomic mass is 9.96. The monoisotopic (exact) mass is 745 g/mol. The Morgan fingerprint density at radius 1 is 0.368 bits per heavy atom. The fourth-order valence-corrected chi connectivity index (χ4v) is 9.17. The zero-order valence-corrected chi connectivity index (χ0v) is 31.1. The molecule has 3 aromatic heterocycles. The van der Waals surface area contributed by atoms with Gasteiger partial charge in [0.2, 0.25) is 0 Å². The molecule has 3 nitrogen and oxygen atoms in total. The van der Waals surface area contributed by atoms with Crippen LogP contribution in [0.3, 0.4) is 0 Å². The van der Waals surface area contributed by atoms with Crippen LogP contribution in [0.25, 0.3) is 93.6 Å². The van der Waals surface area contributed by atoms with Crippen LogP contribution in [0.4, 0.5) is 13.2 Å². The normalized spacial score (nSPS) is 12.3. The summed E-state index contributed by atoms with van der Waals surface area (Å²) in [5.74, 6) is 0. The van der Waals surface area contributed by atoms with Crippen molar-refractivity contribution in [2.75, 3.05) is 0 Å². The summed E-state index contributed by atoms with van der Waals surface area (Å²) < 4.78 is 48.6. The average molecular weight is 746 g/mol. The molecule has 8 aromatic carbocycles. The lowest BCUT2D eigenvalue weighted by Crippen LogP contribution is -2.04. The highest BCUT2D eigenvalue weighted by atomic mass is 19.4. The summed E-state index contributed by atoms with van der Waals surface area (Å²) in [6.45, 7) is 4.22. The summed E-state index contributed by atoms with van der Waals surface area (Å²) >= 11 is 0. The van der Waals surface area contributed by atoms with Crippen molar-refractivity contribution >= 4 is 65.4 Å². The second-order valence-corrected chi connectivity index (χ2v) is 15.0. The summed E-state index contributed by atoms with van der Waals surface area (Å²) in [5, 5.41) is 6.15. The van der Waals surface area contributed by atoms with Gasteiger partial charge in [0, 0.05) is 49.4 Å². The molecule has 0 N–H and O–H groups in total. The molecule has 0 radical (unpaired) electrons. The smallest absolute Gasteiger partial charge is 0.309 e. The van der Waals surface area contributed by atoms with Crippen LogP contribution in [-0.4, -0.2) is 13.7 Å². The number of aryl methyl sites for hydroxylation is 2. The lowest BCUT2D eigenvalue weighted by Gasteiger charge is -2.19. The Hall–Kier alpha value is -7.05. The Kier molecular flexibility index (Phi) is 7.14. The molecule has 11 aromatic rings. The zero-order valence-electron chi connectivity index (χ0n) is 31.1. The van der Waals surface area contributed by atoms with E-state index in [1.807, 2.05) is 24.3 Å². The van der Waals surface area contributed by atoms with Crippen molar-refractivity contribution < 1.29 is 13.2 Å². The SMILES string of the molecule is Cc1cc(-n2c3ccccc3c3cc(C(F)(F)F)ccc32)c(C)cc1-c1cc(-n2c3ccccc3c3ccccc32)cc(-n2c3ccccc3c3ccccc32)c1. The van der Waals surface area contributed by atoms with Gasteiger partial charge < -0.3 is 13.7 Å². The van der Waals surface area contributed by atoms with Gasteiger partial charge in [0.15, 0.2) is 0 Å². The summed E-state index contributed by atoms with van der Waals surface area (Å²) in [4.78, 5) is 0. The van der Waals surface area contributed by atoms with Crippen molar-refractivity contribution in [1.29, 1.82) is 0 Å². The topological polar surface area (TPSA) is 14.8 Å². The van der Waals surface area contributed by atoms with Crippen molar-refractivity contribution in [3.63, 3.8) is 0 Å². The molecule has 0 bridgehead atoms. The van der Waals surface area contributed by atoms with Crippen molar-refractivity contribution in [1.82, 2.24) is 13.7 Å².